The molecule has 3 aromatic rings. The standard InChI is InChI=1S/C28H29N3O3/c1-20(22-12-6-3-7-13-22)29-28(34)24-14-8-9-15-25(24)30-27(33)23-18-26(32)31(19-23)17-16-21-10-4-2-5-11-21/h2-15,20,23H,16-19H2,1H3,(H,29,34)(H,30,33)/t20-,23-/m0/s1. The number of carbonyl (C=O) groups excluding carboxylic acids is 3. The van der Waals surface area contributed by atoms with E-state index in [0.717, 1.165) is 17.5 Å². The highest BCUT2D eigenvalue weighted by atomic mass is 16.2. The van der Waals surface area contributed by atoms with Crippen molar-refractivity contribution in [2.75, 3.05) is 18.4 Å². The van der Waals surface area contributed by atoms with Gasteiger partial charge in [0.05, 0.1) is 23.2 Å². The summed E-state index contributed by atoms with van der Waals surface area (Å²) in [5.41, 5.74) is 3.00. The van der Waals surface area contributed by atoms with Gasteiger partial charge >= 0.3 is 0 Å². The lowest BCUT2D eigenvalue weighted by molar-refractivity contribution is -0.128. The number of carbonyl (C=O) groups is 3. The summed E-state index contributed by atoms with van der Waals surface area (Å²) in [4.78, 5) is 40.2. The molecule has 0 saturated carbocycles. The lowest BCUT2D eigenvalue weighted by atomic mass is 10.1. The van der Waals surface area contributed by atoms with Gasteiger partial charge in [-0.1, -0.05) is 72.8 Å². The molecule has 0 bridgehead atoms. The molecule has 1 heterocycles. The largest absolute Gasteiger partial charge is 0.345 e. The minimum Gasteiger partial charge on any atom is -0.345 e. The van der Waals surface area contributed by atoms with E-state index in [1.165, 1.54) is 0 Å². The highest BCUT2D eigenvalue weighted by molar-refractivity contribution is 6.05. The fraction of sp³-hybridized carbons (Fsp3) is 0.250. The van der Waals surface area contributed by atoms with Gasteiger partial charge in [-0.2, -0.15) is 0 Å². The van der Waals surface area contributed by atoms with Crippen LogP contribution in [-0.4, -0.2) is 35.7 Å². The first-order valence-electron chi connectivity index (χ1n) is 11.6. The van der Waals surface area contributed by atoms with E-state index in [2.05, 4.69) is 10.6 Å². The van der Waals surface area contributed by atoms with Crippen LogP contribution in [0.5, 0.6) is 0 Å². The van der Waals surface area contributed by atoms with Gasteiger partial charge < -0.3 is 15.5 Å². The van der Waals surface area contributed by atoms with Gasteiger partial charge in [-0.25, -0.2) is 0 Å². The van der Waals surface area contributed by atoms with Gasteiger partial charge in [0.25, 0.3) is 5.91 Å². The maximum atomic E-state index is 13.0. The number of nitrogens with one attached hydrogen (secondary N) is 2. The number of nitrogens with zero attached hydrogens (tertiary/aromatic N) is 1. The Morgan fingerprint density at radius 3 is 2.32 bits per heavy atom. The number of likely N-dealkylation sites (tertiary alicyclic amines) is 1. The summed E-state index contributed by atoms with van der Waals surface area (Å²) in [5.74, 6) is -0.965. The van der Waals surface area contributed by atoms with Crippen molar-refractivity contribution >= 4 is 23.4 Å². The molecule has 3 amide bonds. The molecule has 34 heavy (non-hydrogen) atoms. The first-order chi connectivity index (χ1) is 16.5. The van der Waals surface area contributed by atoms with Crippen LogP contribution in [0.4, 0.5) is 5.69 Å². The van der Waals surface area contributed by atoms with Crippen molar-refractivity contribution in [3.05, 3.63) is 102 Å². The summed E-state index contributed by atoms with van der Waals surface area (Å²) >= 11 is 0. The molecule has 174 valence electrons. The van der Waals surface area contributed by atoms with Crippen molar-refractivity contribution in [3.8, 4) is 0 Å². The predicted octanol–water partition coefficient (Wildman–Crippen LogP) is 4.21. The molecule has 0 radical (unpaired) electrons. The van der Waals surface area contributed by atoms with Gasteiger partial charge in [-0.15, -0.1) is 0 Å². The number of rotatable bonds is 8. The van der Waals surface area contributed by atoms with E-state index in [9.17, 15) is 14.4 Å². The molecule has 0 unspecified atom stereocenters. The van der Waals surface area contributed by atoms with Crippen LogP contribution < -0.4 is 10.6 Å². The molecular weight excluding hydrogens is 426 g/mol. The highest BCUT2D eigenvalue weighted by Gasteiger charge is 2.34. The van der Waals surface area contributed by atoms with Crippen molar-refractivity contribution < 1.29 is 14.4 Å². The molecule has 1 aliphatic heterocycles. The molecule has 1 saturated heterocycles. The Bertz CT molecular complexity index is 1150. The molecule has 0 spiro atoms. The first-order valence-corrected chi connectivity index (χ1v) is 11.6. The van der Waals surface area contributed by atoms with E-state index in [0.29, 0.717) is 24.3 Å². The van der Waals surface area contributed by atoms with Crippen molar-refractivity contribution in [3.63, 3.8) is 0 Å². The average molecular weight is 456 g/mol. The Hall–Kier alpha value is -3.93. The fourth-order valence-corrected chi connectivity index (χ4v) is 4.20. The van der Waals surface area contributed by atoms with Crippen LogP contribution in [0.15, 0.2) is 84.9 Å². The average Bonchev–Trinajstić information content (AvgIpc) is 3.24. The topological polar surface area (TPSA) is 78.5 Å². The third-order valence-electron chi connectivity index (χ3n) is 6.18. The van der Waals surface area contributed by atoms with E-state index >= 15 is 0 Å². The third-order valence-corrected chi connectivity index (χ3v) is 6.18. The third kappa shape index (κ3) is 5.70. The van der Waals surface area contributed by atoms with Crippen LogP contribution >= 0.6 is 0 Å². The summed E-state index contributed by atoms with van der Waals surface area (Å²) in [6, 6.07) is 26.5. The van der Waals surface area contributed by atoms with Gasteiger partial charge in [0.2, 0.25) is 11.8 Å². The smallest absolute Gasteiger partial charge is 0.253 e. The number of para-hydroxylation sites is 1. The molecule has 4 rings (SSSR count). The van der Waals surface area contributed by atoms with Crippen LogP contribution in [0, 0.1) is 5.92 Å². The van der Waals surface area contributed by atoms with Crippen molar-refractivity contribution in [1.29, 1.82) is 0 Å². The van der Waals surface area contributed by atoms with Gasteiger partial charge in [0.15, 0.2) is 0 Å². The quantitative estimate of drug-likeness (QED) is 0.534. The molecule has 6 nitrogen and oxygen atoms in total. The lowest BCUT2D eigenvalue weighted by Crippen LogP contribution is -2.31. The number of benzene rings is 3. The van der Waals surface area contributed by atoms with Crippen LogP contribution in [0.1, 0.15) is 40.9 Å². The van der Waals surface area contributed by atoms with E-state index in [-0.39, 0.29) is 30.2 Å². The molecule has 0 aromatic heterocycles. The molecule has 1 aliphatic rings. The monoisotopic (exact) mass is 455 g/mol. The second-order valence-electron chi connectivity index (χ2n) is 8.62. The summed E-state index contributed by atoms with van der Waals surface area (Å²) in [7, 11) is 0. The maximum Gasteiger partial charge on any atom is 0.253 e. The fourth-order valence-electron chi connectivity index (χ4n) is 4.20. The number of amides is 3. The maximum absolute atomic E-state index is 13.0. The highest BCUT2D eigenvalue weighted by Crippen LogP contribution is 2.23. The minimum atomic E-state index is -0.442. The van der Waals surface area contributed by atoms with E-state index in [1.54, 1.807) is 29.2 Å². The van der Waals surface area contributed by atoms with E-state index in [4.69, 9.17) is 0 Å². The molecular formula is C28H29N3O3. The predicted molar refractivity (Wildman–Crippen MR) is 132 cm³/mol. The molecule has 2 N–H and O–H groups in total. The number of hydrogen-bond acceptors (Lipinski definition) is 3. The molecule has 0 aliphatic carbocycles. The van der Waals surface area contributed by atoms with Crippen LogP contribution in [0.25, 0.3) is 0 Å². The molecule has 1 fully saturated rings. The lowest BCUT2D eigenvalue weighted by Gasteiger charge is -2.18. The zero-order valence-electron chi connectivity index (χ0n) is 19.2. The summed E-state index contributed by atoms with van der Waals surface area (Å²) in [6.07, 6.45) is 0.934. The number of hydrogen-bond donors (Lipinski definition) is 2. The Morgan fingerprint density at radius 2 is 1.59 bits per heavy atom. The van der Waals surface area contributed by atoms with Crippen LogP contribution in [0.2, 0.25) is 0 Å². The Balaban J connectivity index is 1.37. The van der Waals surface area contributed by atoms with Crippen molar-refractivity contribution in [2.45, 2.75) is 25.8 Å². The first kappa shape index (κ1) is 23.2. The summed E-state index contributed by atoms with van der Waals surface area (Å²) in [5, 5.41) is 5.87. The van der Waals surface area contributed by atoms with E-state index in [1.807, 2.05) is 67.6 Å². The molecule has 2 atom stereocenters. The van der Waals surface area contributed by atoms with Crippen LogP contribution in [-0.2, 0) is 16.0 Å². The Morgan fingerprint density at radius 1 is 0.941 bits per heavy atom. The van der Waals surface area contributed by atoms with Gasteiger partial charge in [0.1, 0.15) is 0 Å². The zero-order chi connectivity index (χ0) is 23.9. The van der Waals surface area contributed by atoms with Gasteiger partial charge in [-0.3, -0.25) is 14.4 Å². The normalized spacial score (nSPS) is 16.2. The van der Waals surface area contributed by atoms with E-state index < -0.39 is 5.92 Å². The summed E-state index contributed by atoms with van der Waals surface area (Å²) < 4.78 is 0. The van der Waals surface area contributed by atoms with Gasteiger partial charge in [-0.05, 0) is 36.6 Å². The van der Waals surface area contributed by atoms with Crippen molar-refractivity contribution in [2.24, 2.45) is 5.92 Å². The second kappa shape index (κ2) is 10.8. The Labute approximate surface area is 200 Å². The molecule has 3 aromatic carbocycles. The minimum absolute atomic E-state index is 0.0150. The van der Waals surface area contributed by atoms with Crippen LogP contribution in [0.3, 0.4) is 0 Å². The molecule has 6 heteroatoms. The Kier molecular flexibility index (Phi) is 7.38. The van der Waals surface area contributed by atoms with Gasteiger partial charge in [0, 0.05) is 19.5 Å². The number of anilines is 1. The zero-order valence-corrected chi connectivity index (χ0v) is 19.2. The van der Waals surface area contributed by atoms with Crippen molar-refractivity contribution in [1.82, 2.24) is 10.2 Å². The summed E-state index contributed by atoms with van der Waals surface area (Å²) in [6.45, 7) is 2.89. The second-order valence-corrected chi connectivity index (χ2v) is 8.62. The SMILES string of the molecule is C[C@H](NC(=O)c1ccccc1NC(=O)[C@H]1CC(=O)N(CCc2ccccc2)C1)c1ccccc1.